The first-order valence-corrected chi connectivity index (χ1v) is 10.4. The molecule has 1 aromatic rings. The van der Waals surface area contributed by atoms with E-state index >= 15 is 0 Å². The van der Waals surface area contributed by atoms with Gasteiger partial charge in [0.05, 0.1) is 5.54 Å². The highest BCUT2D eigenvalue weighted by Crippen LogP contribution is 2.22. The molecule has 1 rings (SSSR count). The predicted octanol–water partition coefficient (Wildman–Crippen LogP) is 4.64. The highest BCUT2D eigenvalue weighted by molar-refractivity contribution is 7.95. The van der Waals surface area contributed by atoms with Crippen molar-refractivity contribution in [1.29, 1.82) is 0 Å². The third-order valence-electron chi connectivity index (χ3n) is 3.81. The van der Waals surface area contributed by atoms with E-state index in [4.69, 9.17) is 0 Å². The number of benzene rings is 1. The molecule has 0 aromatic heterocycles. The molecule has 0 fully saturated rings. The Labute approximate surface area is 140 Å². The Morgan fingerprint density at radius 3 is 1.95 bits per heavy atom. The molecule has 0 aliphatic carbocycles. The first-order valence-electron chi connectivity index (χ1n) is 8.32. The molecular formula is C19H34NOS+. The molecule has 0 N–H and O–H groups in total. The summed E-state index contributed by atoms with van der Waals surface area (Å²) in [6, 6.07) is 8.13. The largest absolute Gasteiger partial charge is 0.292 e. The van der Waals surface area contributed by atoms with Gasteiger partial charge in [-0.1, -0.05) is 27.7 Å². The van der Waals surface area contributed by atoms with Gasteiger partial charge in [-0.25, -0.2) is 0 Å². The van der Waals surface area contributed by atoms with Gasteiger partial charge in [0.2, 0.25) is 0 Å². The number of hydrogen-bond acceptors (Lipinski definition) is 2. The van der Waals surface area contributed by atoms with E-state index in [1.54, 1.807) is 0 Å². The van der Waals surface area contributed by atoms with Gasteiger partial charge in [-0.3, -0.25) is 9.69 Å². The normalized spacial score (nSPS) is 11.4. The van der Waals surface area contributed by atoms with E-state index in [9.17, 15) is 4.79 Å². The molecule has 126 valence electrons. The molecule has 1 aromatic carbocycles. The molecule has 0 amide bonds. The van der Waals surface area contributed by atoms with Crippen LogP contribution in [0.25, 0.3) is 0 Å². The van der Waals surface area contributed by atoms with Crippen LogP contribution in [-0.4, -0.2) is 41.8 Å². The van der Waals surface area contributed by atoms with Crippen molar-refractivity contribution in [3.05, 3.63) is 29.8 Å². The Morgan fingerprint density at radius 1 is 1.09 bits per heavy atom. The summed E-state index contributed by atoms with van der Waals surface area (Å²) >= 11 is 0. The molecule has 0 aliphatic heterocycles. The molecule has 3 heteroatoms. The number of carbonyl (C=O) groups excluding carboxylic acids is 1. The Bertz CT molecular complexity index is 437. The van der Waals surface area contributed by atoms with Crippen molar-refractivity contribution in [2.75, 3.05) is 25.6 Å². The van der Waals surface area contributed by atoms with Crippen molar-refractivity contribution < 1.29 is 4.79 Å². The van der Waals surface area contributed by atoms with E-state index in [0.717, 1.165) is 25.1 Å². The van der Waals surface area contributed by atoms with Crippen LogP contribution in [0.5, 0.6) is 0 Å². The van der Waals surface area contributed by atoms with Crippen molar-refractivity contribution in [2.45, 2.75) is 58.4 Å². The fourth-order valence-electron chi connectivity index (χ4n) is 2.48. The summed E-state index contributed by atoms with van der Waals surface area (Å²) < 4.78 is 0. The van der Waals surface area contributed by atoms with Gasteiger partial charge in [0.1, 0.15) is 12.5 Å². The Morgan fingerprint density at radius 2 is 1.59 bits per heavy atom. The van der Waals surface area contributed by atoms with Gasteiger partial charge in [0, 0.05) is 16.5 Å². The average Bonchev–Trinajstić information content (AvgIpc) is 2.53. The first-order chi connectivity index (χ1) is 10.3. The molecule has 0 spiro atoms. The van der Waals surface area contributed by atoms with Gasteiger partial charge in [-0.05, 0) is 57.6 Å². The molecule has 0 saturated carbocycles. The average molecular weight is 325 g/mol. The van der Waals surface area contributed by atoms with Crippen LogP contribution in [0.4, 0.5) is 0 Å². The minimum absolute atomic E-state index is 0.214. The Hall–Kier alpha value is -0.800. The fourth-order valence-corrected chi connectivity index (χ4v) is 3.16. The Kier molecular flexibility index (Phi) is 9.70. The second-order valence-electron chi connectivity index (χ2n) is 5.81. The SMILES string of the molecule is CC.CCCN(CC)C(C)(C)C(=O)c1ccc([S+](C)C)cc1. The fraction of sp³-hybridized carbons (Fsp3) is 0.632. The van der Waals surface area contributed by atoms with Gasteiger partial charge in [0.25, 0.3) is 0 Å². The summed E-state index contributed by atoms with van der Waals surface area (Å²) in [6.07, 6.45) is 5.46. The smallest absolute Gasteiger partial charge is 0.182 e. The van der Waals surface area contributed by atoms with E-state index < -0.39 is 5.54 Å². The van der Waals surface area contributed by atoms with Crippen molar-refractivity contribution >= 4 is 16.7 Å². The summed E-state index contributed by atoms with van der Waals surface area (Å²) in [4.78, 5) is 16.3. The van der Waals surface area contributed by atoms with Gasteiger partial charge in [-0.2, -0.15) is 0 Å². The predicted molar refractivity (Wildman–Crippen MR) is 101 cm³/mol. The van der Waals surface area contributed by atoms with Crippen LogP contribution in [0.3, 0.4) is 0 Å². The summed E-state index contributed by atoms with van der Waals surface area (Å²) in [5.41, 5.74) is 0.380. The van der Waals surface area contributed by atoms with Gasteiger partial charge < -0.3 is 0 Å². The van der Waals surface area contributed by atoms with E-state index in [1.165, 1.54) is 4.90 Å². The zero-order valence-corrected chi connectivity index (χ0v) is 16.5. The third kappa shape index (κ3) is 5.44. The lowest BCUT2D eigenvalue weighted by Crippen LogP contribution is -2.50. The van der Waals surface area contributed by atoms with Crippen LogP contribution in [0.2, 0.25) is 0 Å². The molecule has 2 nitrogen and oxygen atoms in total. The summed E-state index contributed by atoms with van der Waals surface area (Å²) in [6.45, 7) is 14.2. The zero-order valence-electron chi connectivity index (χ0n) is 15.7. The lowest BCUT2D eigenvalue weighted by Gasteiger charge is -2.36. The molecule has 0 atom stereocenters. The lowest BCUT2D eigenvalue weighted by molar-refractivity contribution is 0.0654. The Balaban J connectivity index is 0.00000211. The van der Waals surface area contributed by atoms with Crippen LogP contribution in [-0.2, 0) is 10.9 Å². The lowest BCUT2D eigenvalue weighted by atomic mass is 9.91. The monoisotopic (exact) mass is 324 g/mol. The second-order valence-corrected chi connectivity index (χ2v) is 7.91. The quantitative estimate of drug-likeness (QED) is 0.538. The summed E-state index contributed by atoms with van der Waals surface area (Å²) in [7, 11) is 0.243. The highest BCUT2D eigenvalue weighted by Gasteiger charge is 2.33. The minimum atomic E-state index is -0.438. The van der Waals surface area contributed by atoms with Crippen LogP contribution in [0.15, 0.2) is 29.2 Å². The minimum Gasteiger partial charge on any atom is -0.292 e. The number of ketones is 1. The van der Waals surface area contributed by atoms with Crippen molar-refractivity contribution in [3.8, 4) is 0 Å². The number of Topliss-reactive ketones (excluding diaryl/α,β-unsaturated/α-hetero) is 1. The van der Waals surface area contributed by atoms with E-state index in [-0.39, 0.29) is 16.7 Å². The van der Waals surface area contributed by atoms with Crippen molar-refractivity contribution in [1.82, 2.24) is 4.90 Å². The van der Waals surface area contributed by atoms with Crippen LogP contribution in [0.1, 0.15) is 58.3 Å². The molecule has 0 heterocycles. The number of likely N-dealkylation sites (N-methyl/N-ethyl adjacent to an activating group) is 1. The molecule has 0 aliphatic rings. The molecule has 22 heavy (non-hydrogen) atoms. The highest BCUT2D eigenvalue weighted by atomic mass is 32.2. The van der Waals surface area contributed by atoms with Crippen LogP contribution < -0.4 is 0 Å². The van der Waals surface area contributed by atoms with Gasteiger partial charge in [0.15, 0.2) is 10.7 Å². The van der Waals surface area contributed by atoms with Crippen molar-refractivity contribution in [3.63, 3.8) is 0 Å². The number of carbonyl (C=O) groups is 1. The molecular weight excluding hydrogens is 290 g/mol. The number of nitrogens with zero attached hydrogens (tertiary/aromatic N) is 1. The number of hydrogen-bond donors (Lipinski definition) is 0. The first kappa shape index (κ1) is 21.2. The molecule has 0 radical (unpaired) electrons. The van der Waals surface area contributed by atoms with Gasteiger partial charge in [-0.15, -0.1) is 0 Å². The molecule has 0 saturated heterocycles. The third-order valence-corrected chi connectivity index (χ3v) is 5.02. The van der Waals surface area contributed by atoms with E-state index in [0.29, 0.717) is 0 Å². The van der Waals surface area contributed by atoms with Gasteiger partial charge >= 0.3 is 0 Å². The maximum atomic E-state index is 12.8. The van der Waals surface area contributed by atoms with E-state index in [2.05, 4.69) is 43.4 Å². The summed E-state index contributed by atoms with van der Waals surface area (Å²) in [5, 5.41) is 0. The van der Waals surface area contributed by atoms with Crippen molar-refractivity contribution in [2.24, 2.45) is 0 Å². The number of rotatable bonds is 7. The molecule has 0 bridgehead atoms. The molecule has 0 unspecified atom stereocenters. The second kappa shape index (κ2) is 10.1. The maximum absolute atomic E-state index is 12.8. The maximum Gasteiger partial charge on any atom is 0.182 e. The summed E-state index contributed by atoms with van der Waals surface area (Å²) in [5.74, 6) is 0.214. The van der Waals surface area contributed by atoms with Crippen LogP contribution >= 0.6 is 0 Å². The van der Waals surface area contributed by atoms with E-state index in [1.807, 2.05) is 39.8 Å². The standard InChI is InChI=1S/C17H28NOS.C2H6/c1-7-13-18(8-2)17(3,4)16(19)14-9-11-15(12-10-14)20(5)6;1-2/h9-12H,7-8,13H2,1-6H3;1-2H3/q+1;. The van der Waals surface area contributed by atoms with Crippen LogP contribution in [0, 0.1) is 0 Å². The zero-order chi connectivity index (χ0) is 17.3. The topological polar surface area (TPSA) is 20.3 Å².